The fourth-order valence-electron chi connectivity index (χ4n) is 5.99. The number of alkyl halides is 3. The molecule has 2 amide bonds. The van der Waals surface area contributed by atoms with Crippen LogP contribution in [0.5, 0.6) is 5.88 Å². The molecule has 9 nitrogen and oxygen atoms in total. The van der Waals surface area contributed by atoms with Gasteiger partial charge in [-0.2, -0.15) is 18.3 Å². The van der Waals surface area contributed by atoms with E-state index >= 15 is 0 Å². The number of ether oxygens (including phenoxy) is 1. The van der Waals surface area contributed by atoms with Crippen LogP contribution in [0, 0.1) is 18.7 Å². The van der Waals surface area contributed by atoms with Crippen LogP contribution in [0.2, 0.25) is 0 Å². The van der Waals surface area contributed by atoms with E-state index in [0.29, 0.717) is 30.6 Å². The highest BCUT2D eigenvalue weighted by Gasteiger charge is 2.56. The van der Waals surface area contributed by atoms with Gasteiger partial charge in [0.2, 0.25) is 11.8 Å². The average Bonchev–Trinajstić information content (AvgIpc) is 3.47. The summed E-state index contributed by atoms with van der Waals surface area (Å²) < 4.78 is 59.0. The predicted molar refractivity (Wildman–Crippen MR) is 130 cm³/mol. The summed E-state index contributed by atoms with van der Waals surface area (Å²) in [6.07, 6.45) is -2.10. The van der Waals surface area contributed by atoms with E-state index in [9.17, 15) is 32.3 Å². The molecule has 39 heavy (non-hydrogen) atoms. The quantitative estimate of drug-likeness (QED) is 0.486. The number of pyridine rings is 1. The summed E-state index contributed by atoms with van der Waals surface area (Å²) in [5.41, 5.74) is -2.04. The fraction of sp³-hybridized carbons (Fsp3) is 0.615. The monoisotopic (exact) mass is 553 g/mol. The number of methoxy groups -OCH3 is 1. The van der Waals surface area contributed by atoms with Crippen LogP contribution in [0.4, 0.5) is 17.6 Å². The standard InChI is InChI=1S/C26H31F4N5O4/c1-14-20(17(27)13-31-22(14)39-2)18-11-19(34-33-18)23(37)35-10-5-15(12-24(35)8-9-24)21(36)32-16-3-6-25(38,7-4-16)26(28,29)30/h11,13,15-16,38H,3-10,12H2,1-2H3,(H,32,36)(H,33,34). The van der Waals surface area contributed by atoms with E-state index in [1.54, 1.807) is 11.8 Å². The smallest absolute Gasteiger partial charge is 0.417 e. The molecule has 3 heterocycles. The lowest BCUT2D eigenvalue weighted by Gasteiger charge is -2.41. The number of hydrogen-bond donors (Lipinski definition) is 3. The zero-order valence-corrected chi connectivity index (χ0v) is 21.7. The minimum absolute atomic E-state index is 0.0507. The number of aliphatic hydroxyl groups is 1. The first-order chi connectivity index (χ1) is 18.4. The molecule has 3 aliphatic rings. The normalized spacial score (nSPS) is 26.4. The fourth-order valence-corrected chi connectivity index (χ4v) is 5.99. The van der Waals surface area contributed by atoms with E-state index < -0.39 is 42.0 Å². The highest BCUT2D eigenvalue weighted by atomic mass is 19.4. The van der Waals surface area contributed by atoms with Gasteiger partial charge in [-0.3, -0.25) is 14.7 Å². The van der Waals surface area contributed by atoms with Gasteiger partial charge in [0, 0.05) is 35.2 Å². The molecule has 5 rings (SSSR count). The van der Waals surface area contributed by atoms with Crippen molar-refractivity contribution in [3.8, 4) is 17.1 Å². The topological polar surface area (TPSA) is 120 Å². The number of amides is 2. The van der Waals surface area contributed by atoms with Crippen molar-refractivity contribution in [3.63, 3.8) is 0 Å². The number of likely N-dealkylation sites (tertiary alicyclic amines) is 1. The van der Waals surface area contributed by atoms with Crippen LogP contribution in [0.3, 0.4) is 0 Å². The van der Waals surface area contributed by atoms with E-state index in [2.05, 4.69) is 20.5 Å². The summed E-state index contributed by atoms with van der Waals surface area (Å²) in [5.74, 6) is -1.23. The van der Waals surface area contributed by atoms with E-state index in [1.807, 2.05) is 0 Å². The second-order valence-electron chi connectivity index (χ2n) is 11.0. The van der Waals surface area contributed by atoms with Crippen LogP contribution in [0.15, 0.2) is 12.3 Å². The van der Waals surface area contributed by atoms with Gasteiger partial charge < -0.3 is 20.1 Å². The molecule has 2 aromatic rings. The van der Waals surface area contributed by atoms with E-state index in [1.165, 1.54) is 13.2 Å². The summed E-state index contributed by atoms with van der Waals surface area (Å²) in [5, 5.41) is 19.6. The Balaban J connectivity index is 1.22. The van der Waals surface area contributed by atoms with Crippen LogP contribution in [-0.2, 0) is 4.79 Å². The molecule has 1 saturated heterocycles. The van der Waals surface area contributed by atoms with Gasteiger partial charge in [0.05, 0.1) is 19.0 Å². The number of piperidine rings is 1. The number of rotatable bonds is 5. The van der Waals surface area contributed by atoms with E-state index in [0.717, 1.165) is 19.0 Å². The number of aromatic amines is 1. The Morgan fingerprint density at radius 1 is 1.21 bits per heavy atom. The number of nitrogens with one attached hydrogen (secondary N) is 2. The van der Waals surface area contributed by atoms with Crippen LogP contribution in [0.1, 0.15) is 67.4 Å². The molecule has 0 aromatic carbocycles. The Morgan fingerprint density at radius 2 is 1.90 bits per heavy atom. The molecule has 3 N–H and O–H groups in total. The average molecular weight is 554 g/mol. The number of hydrogen-bond acceptors (Lipinski definition) is 6. The number of H-pyrrole nitrogens is 1. The van der Waals surface area contributed by atoms with Gasteiger partial charge in [0.15, 0.2) is 17.1 Å². The number of halogens is 4. The molecule has 2 saturated carbocycles. The summed E-state index contributed by atoms with van der Waals surface area (Å²) in [4.78, 5) is 32.1. The molecular formula is C26H31F4N5O4. The number of carbonyl (C=O) groups excluding carboxylic acids is 2. The molecule has 1 spiro atoms. The first kappa shape index (κ1) is 27.4. The molecule has 1 aliphatic heterocycles. The van der Waals surface area contributed by atoms with Gasteiger partial charge in [-0.15, -0.1) is 0 Å². The first-order valence-corrected chi connectivity index (χ1v) is 13.0. The van der Waals surface area contributed by atoms with Crippen molar-refractivity contribution >= 4 is 11.8 Å². The highest BCUT2D eigenvalue weighted by Crippen LogP contribution is 2.51. The molecule has 0 bridgehead atoms. The van der Waals surface area contributed by atoms with Gasteiger partial charge in [-0.25, -0.2) is 9.37 Å². The summed E-state index contributed by atoms with van der Waals surface area (Å²) in [7, 11) is 1.43. The first-order valence-electron chi connectivity index (χ1n) is 13.0. The molecule has 1 unspecified atom stereocenters. The molecule has 2 aliphatic carbocycles. The van der Waals surface area contributed by atoms with Crippen LogP contribution >= 0.6 is 0 Å². The summed E-state index contributed by atoms with van der Waals surface area (Å²) >= 11 is 0. The lowest BCUT2D eigenvalue weighted by Crippen LogP contribution is -2.54. The maximum atomic E-state index is 14.6. The molecule has 13 heteroatoms. The SMILES string of the molecule is COc1ncc(F)c(-c2cc(C(=O)N3CCC(C(=O)NC4CCC(O)(C(F)(F)F)CC4)CC34CC4)n[nH]2)c1C. The van der Waals surface area contributed by atoms with E-state index in [-0.39, 0.29) is 47.7 Å². The third kappa shape index (κ3) is 4.96. The largest absolute Gasteiger partial charge is 0.481 e. The Hall–Kier alpha value is -3.22. The van der Waals surface area contributed by atoms with Gasteiger partial charge in [-0.05, 0) is 64.4 Å². The minimum Gasteiger partial charge on any atom is -0.481 e. The summed E-state index contributed by atoms with van der Waals surface area (Å²) in [6, 6.07) is 1.07. The second kappa shape index (κ2) is 9.76. The van der Waals surface area contributed by atoms with Crippen molar-refractivity contribution in [1.29, 1.82) is 0 Å². The predicted octanol–water partition coefficient (Wildman–Crippen LogP) is 3.66. The third-order valence-electron chi connectivity index (χ3n) is 8.52. The Morgan fingerprint density at radius 3 is 2.51 bits per heavy atom. The van der Waals surface area contributed by atoms with Gasteiger partial charge in [-0.1, -0.05) is 0 Å². The van der Waals surface area contributed by atoms with Crippen molar-refractivity contribution in [2.45, 2.75) is 81.6 Å². The lowest BCUT2D eigenvalue weighted by molar-refractivity contribution is -0.270. The molecule has 212 valence electrons. The molecule has 0 radical (unpaired) electrons. The zero-order valence-electron chi connectivity index (χ0n) is 21.7. The van der Waals surface area contributed by atoms with Gasteiger partial charge in [0.25, 0.3) is 5.91 Å². The maximum Gasteiger partial charge on any atom is 0.417 e. The molecule has 3 fully saturated rings. The van der Waals surface area contributed by atoms with Crippen molar-refractivity contribution in [2.24, 2.45) is 5.92 Å². The van der Waals surface area contributed by atoms with Crippen molar-refractivity contribution in [3.05, 3.63) is 29.3 Å². The van der Waals surface area contributed by atoms with Gasteiger partial charge >= 0.3 is 6.18 Å². The van der Waals surface area contributed by atoms with Crippen LogP contribution < -0.4 is 10.1 Å². The Bertz CT molecular complexity index is 1270. The van der Waals surface area contributed by atoms with Crippen LogP contribution in [-0.4, -0.2) is 74.0 Å². The molecular weight excluding hydrogens is 522 g/mol. The maximum absolute atomic E-state index is 14.6. The number of aromatic nitrogens is 3. The lowest BCUT2D eigenvalue weighted by atomic mass is 9.81. The van der Waals surface area contributed by atoms with Crippen molar-refractivity contribution in [2.75, 3.05) is 13.7 Å². The molecule has 2 aromatic heterocycles. The Kier molecular flexibility index (Phi) is 6.84. The highest BCUT2D eigenvalue weighted by molar-refractivity contribution is 5.94. The second-order valence-corrected chi connectivity index (χ2v) is 11.0. The number of carbonyl (C=O) groups is 2. The summed E-state index contributed by atoms with van der Waals surface area (Å²) in [6.45, 7) is 1.99. The Labute approximate surface area is 222 Å². The minimum atomic E-state index is -4.69. The van der Waals surface area contributed by atoms with Crippen molar-refractivity contribution in [1.82, 2.24) is 25.4 Å². The molecule has 1 atom stereocenters. The zero-order chi connectivity index (χ0) is 28.2. The van der Waals surface area contributed by atoms with Gasteiger partial charge in [0.1, 0.15) is 0 Å². The van der Waals surface area contributed by atoms with Crippen LogP contribution in [0.25, 0.3) is 11.3 Å². The van der Waals surface area contributed by atoms with E-state index in [4.69, 9.17) is 4.74 Å². The van der Waals surface area contributed by atoms with Crippen molar-refractivity contribution < 1.29 is 37.0 Å². The number of nitrogens with zero attached hydrogens (tertiary/aromatic N) is 3. The third-order valence-corrected chi connectivity index (χ3v) is 8.52.